The lowest BCUT2D eigenvalue weighted by molar-refractivity contribution is -0.144. The highest BCUT2D eigenvalue weighted by molar-refractivity contribution is 5.76. The van der Waals surface area contributed by atoms with E-state index >= 15 is 0 Å². The van der Waals surface area contributed by atoms with Crippen molar-refractivity contribution in [2.45, 2.75) is 19.4 Å². The molecule has 0 aliphatic rings. The standard InChI is InChI=1S/C9H15NO4/c1-3-4-14-7(11)5-6(2)8(10)9(12)13/h3,6,8H,1,4-5,10H2,2H3,(H,12,13)/t6-,8-/m0/s1. The lowest BCUT2D eigenvalue weighted by Gasteiger charge is -2.14. The number of hydrogen-bond acceptors (Lipinski definition) is 4. The monoisotopic (exact) mass is 201 g/mol. The van der Waals surface area contributed by atoms with E-state index in [1.807, 2.05) is 0 Å². The predicted molar refractivity (Wildman–Crippen MR) is 50.5 cm³/mol. The Morgan fingerprint density at radius 3 is 2.64 bits per heavy atom. The van der Waals surface area contributed by atoms with E-state index in [9.17, 15) is 9.59 Å². The summed E-state index contributed by atoms with van der Waals surface area (Å²) in [7, 11) is 0. The summed E-state index contributed by atoms with van der Waals surface area (Å²) in [6.45, 7) is 5.10. The summed E-state index contributed by atoms with van der Waals surface area (Å²) in [5.41, 5.74) is 5.31. The Bertz CT molecular complexity index is 227. The molecule has 0 aromatic heterocycles. The molecule has 0 aromatic rings. The van der Waals surface area contributed by atoms with Crippen LogP contribution in [0.15, 0.2) is 12.7 Å². The molecule has 0 heterocycles. The van der Waals surface area contributed by atoms with Gasteiger partial charge in [-0.25, -0.2) is 0 Å². The van der Waals surface area contributed by atoms with E-state index in [-0.39, 0.29) is 13.0 Å². The van der Waals surface area contributed by atoms with Gasteiger partial charge >= 0.3 is 11.9 Å². The summed E-state index contributed by atoms with van der Waals surface area (Å²) in [6.07, 6.45) is 1.45. The number of carboxylic acid groups (broad SMARTS) is 1. The van der Waals surface area contributed by atoms with Crippen LogP contribution in [-0.4, -0.2) is 29.7 Å². The molecule has 80 valence electrons. The lowest BCUT2D eigenvalue weighted by atomic mass is 9.99. The SMILES string of the molecule is C=CCOC(=O)C[C@H](C)[C@H](N)C(=O)O. The van der Waals surface area contributed by atoms with Gasteiger partial charge in [-0.1, -0.05) is 19.6 Å². The van der Waals surface area contributed by atoms with Crippen LogP contribution in [0.4, 0.5) is 0 Å². The van der Waals surface area contributed by atoms with Crippen LogP contribution in [0.1, 0.15) is 13.3 Å². The molecule has 5 nitrogen and oxygen atoms in total. The minimum absolute atomic E-state index is 0.00130. The smallest absolute Gasteiger partial charge is 0.320 e. The van der Waals surface area contributed by atoms with Crippen LogP contribution < -0.4 is 5.73 Å². The van der Waals surface area contributed by atoms with E-state index < -0.39 is 23.9 Å². The van der Waals surface area contributed by atoms with Crippen LogP contribution in [0.25, 0.3) is 0 Å². The van der Waals surface area contributed by atoms with Crippen molar-refractivity contribution >= 4 is 11.9 Å². The number of carboxylic acids is 1. The minimum Gasteiger partial charge on any atom is -0.480 e. The Hall–Kier alpha value is -1.36. The molecule has 0 saturated carbocycles. The van der Waals surface area contributed by atoms with Crippen molar-refractivity contribution < 1.29 is 19.4 Å². The summed E-state index contributed by atoms with van der Waals surface area (Å²) >= 11 is 0. The van der Waals surface area contributed by atoms with Crippen molar-refractivity contribution in [1.82, 2.24) is 0 Å². The Kier molecular flexibility index (Phi) is 5.55. The molecule has 0 rings (SSSR count). The van der Waals surface area contributed by atoms with Gasteiger partial charge in [0.2, 0.25) is 0 Å². The summed E-state index contributed by atoms with van der Waals surface area (Å²) in [5.74, 6) is -2.02. The van der Waals surface area contributed by atoms with Gasteiger partial charge in [0.25, 0.3) is 0 Å². The zero-order valence-corrected chi connectivity index (χ0v) is 8.10. The Balaban J connectivity index is 3.92. The van der Waals surface area contributed by atoms with Gasteiger partial charge in [0.1, 0.15) is 12.6 Å². The number of nitrogens with two attached hydrogens (primary N) is 1. The van der Waals surface area contributed by atoms with Crippen LogP contribution in [0, 0.1) is 5.92 Å². The van der Waals surface area contributed by atoms with E-state index in [2.05, 4.69) is 11.3 Å². The van der Waals surface area contributed by atoms with Gasteiger partial charge in [0.05, 0.1) is 6.42 Å². The van der Waals surface area contributed by atoms with Crippen molar-refractivity contribution in [3.05, 3.63) is 12.7 Å². The molecule has 0 bridgehead atoms. The molecule has 0 aliphatic heterocycles. The summed E-state index contributed by atoms with van der Waals surface area (Å²) in [5, 5.41) is 8.55. The summed E-state index contributed by atoms with van der Waals surface area (Å²) < 4.78 is 4.69. The third kappa shape index (κ3) is 4.61. The highest BCUT2D eigenvalue weighted by Gasteiger charge is 2.22. The van der Waals surface area contributed by atoms with Crippen molar-refractivity contribution in [1.29, 1.82) is 0 Å². The molecular formula is C9H15NO4. The fourth-order valence-corrected chi connectivity index (χ4v) is 0.844. The molecule has 0 saturated heterocycles. The van der Waals surface area contributed by atoms with E-state index in [1.165, 1.54) is 6.08 Å². The third-order valence-electron chi connectivity index (χ3n) is 1.75. The second kappa shape index (κ2) is 6.15. The number of esters is 1. The van der Waals surface area contributed by atoms with Gasteiger partial charge in [-0.05, 0) is 5.92 Å². The molecular weight excluding hydrogens is 186 g/mol. The summed E-state index contributed by atoms with van der Waals surface area (Å²) in [6, 6.07) is -1.04. The van der Waals surface area contributed by atoms with E-state index in [4.69, 9.17) is 10.8 Å². The van der Waals surface area contributed by atoms with Crippen molar-refractivity contribution in [2.24, 2.45) is 11.7 Å². The topological polar surface area (TPSA) is 89.6 Å². The second-order valence-electron chi connectivity index (χ2n) is 3.02. The quantitative estimate of drug-likeness (QED) is 0.471. The lowest BCUT2D eigenvalue weighted by Crippen LogP contribution is -2.37. The Morgan fingerprint density at radius 2 is 2.21 bits per heavy atom. The molecule has 0 aromatic carbocycles. The molecule has 0 aliphatic carbocycles. The first-order chi connectivity index (χ1) is 6.49. The maximum atomic E-state index is 11.0. The van der Waals surface area contributed by atoms with Crippen LogP contribution in [-0.2, 0) is 14.3 Å². The molecule has 0 amide bonds. The molecule has 3 N–H and O–H groups in total. The highest BCUT2D eigenvalue weighted by atomic mass is 16.5. The average Bonchev–Trinajstić information content (AvgIpc) is 2.13. The van der Waals surface area contributed by atoms with Gasteiger partial charge in [0.15, 0.2) is 0 Å². The van der Waals surface area contributed by atoms with Crippen LogP contribution >= 0.6 is 0 Å². The number of hydrogen-bond donors (Lipinski definition) is 2. The van der Waals surface area contributed by atoms with Crippen LogP contribution in [0.3, 0.4) is 0 Å². The van der Waals surface area contributed by atoms with Gasteiger partial charge < -0.3 is 15.6 Å². The molecule has 0 radical (unpaired) electrons. The zero-order chi connectivity index (χ0) is 11.1. The maximum absolute atomic E-state index is 11.0. The van der Waals surface area contributed by atoms with Gasteiger partial charge in [0, 0.05) is 0 Å². The Labute approximate surface area is 82.5 Å². The first kappa shape index (κ1) is 12.6. The molecule has 2 atom stereocenters. The minimum atomic E-state index is -1.12. The maximum Gasteiger partial charge on any atom is 0.320 e. The Morgan fingerprint density at radius 1 is 1.64 bits per heavy atom. The van der Waals surface area contributed by atoms with Crippen LogP contribution in [0.2, 0.25) is 0 Å². The first-order valence-electron chi connectivity index (χ1n) is 4.24. The molecule has 5 heteroatoms. The van der Waals surface area contributed by atoms with Crippen molar-refractivity contribution in [3.8, 4) is 0 Å². The van der Waals surface area contributed by atoms with Gasteiger partial charge in [-0.3, -0.25) is 9.59 Å². The van der Waals surface area contributed by atoms with E-state index in [1.54, 1.807) is 6.92 Å². The van der Waals surface area contributed by atoms with Crippen molar-refractivity contribution in [3.63, 3.8) is 0 Å². The fraction of sp³-hybridized carbons (Fsp3) is 0.556. The molecule has 0 spiro atoms. The number of ether oxygens (including phenoxy) is 1. The van der Waals surface area contributed by atoms with Crippen molar-refractivity contribution in [2.75, 3.05) is 6.61 Å². The molecule has 14 heavy (non-hydrogen) atoms. The predicted octanol–water partition coefficient (Wildman–Crippen LogP) is 0.154. The largest absolute Gasteiger partial charge is 0.480 e. The highest BCUT2D eigenvalue weighted by Crippen LogP contribution is 2.07. The van der Waals surface area contributed by atoms with E-state index in [0.29, 0.717) is 0 Å². The number of carbonyl (C=O) groups excluding carboxylic acids is 1. The van der Waals surface area contributed by atoms with E-state index in [0.717, 1.165) is 0 Å². The van der Waals surface area contributed by atoms with Crippen LogP contribution in [0.5, 0.6) is 0 Å². The number of carbonyl (C=O) groups is 2. The van der Waals surface area contributed by atoms with Gasteiger partial charge in [-0.2, -0.15) is 0 Å². The fourth-order valence-electron chi connectivity index (χ4n) is 0.844. The average molecular weight is 201 g/mol. The first-order valence-corrected chi connectivity index (χ1v) is 4.24. The summed E-state index contributed by atoms with van der Waals surface area (Å²) in [4.78, 5) is 21.5. The van der Waals surface area contributed by atoms with Gasteiger partial charge in [-0.15, -0.1) is 0 Å². The zero-order valence-electron chi connectivity index (χ0n) is 8.10. The molecule has 0 unspecified atom stereocenters. The number of rotatable bonds is 6. The normalized spacial score (nSPS) is 14.1. The third-order valence-corrected chi connectivity index (χ3v) is 1.75. The molecule has 0 fully saturated rings. The second-order valence-corrected chi connectivity index (χ2v) is 3.02. The number of aliphatic carboxylic acids is 1.